The maximum atomic E-state index is 13.6. The fraction of sp³-hybridized carbons (Fsp3) is 0.321. The minimum absolute atomic E-state index is 0.0179. The number of carbonyl (C=O) groups excluding carboxylic acids is 1. The standard InChI is InChI=1S/C28H32FNO3/c1-20(2)33-27-15-9-24(10-16-27)28(23-7-11-25(29)12-8-23)17-18-30(21(3)31)19-22-5-13-26(32-4)14-6-22/h5-16,20,28H,17-19H2,1-4H3. The van der Waals surface area contributed by atoms with Crippen molar-refractivity contribution in [3.8, 4) is 11.5 Å². The number of ether oxygens (including phenoxy) is 2. The Morgan fingerprint density at radius 3 is 1.94 bits per heavy atom. The number of amides is 1. The Hall–Kier alpha value is -3.34. The average Bonchev–Trinajstić information content (AvgIpc) is 2.80. The van der Waals surface area contributed by atoms with Crippen LogP contribution in [0.1, 0.15) is 49.8 Å². The first kappa shape index (κ1) is 24.3. The largest absolute Gasteiger partial charge is 0.497 e. The van der Waals surface area contributed by atoms with Gasteiger partial charge in [0, 0.05) is 25.9 Å². The molecule has 1 amide bonds. The van der Waals surface area contributed by atoms with Gasteiger partial charge in [0.15, 0.2) is 0 Å². The zero-order valence-corrected chi connectivity index (χ0v) is 19.8. The minimum Gasteiger partial charge on any atom is -0.497 e. The zero-order chi connectivity index (χ0) is 23.8. The Morgan fingerprint density at radius 2 is 1.42 bits per heavy atom. The molecule has 3 rings (SSSR count). The van der Waals surface area contributed by atoms with Crippen molar-refractivity contribution >= 4 is 5.91 Å². The topological polar surface area (TPSA) is 38.8 Å². The molecule has 0 spiro atoms. The summed E-state index contributed by atoms with van der Waals surface area (Å²) in [4.78, 5) is 14.2. The van der Waals surface area contributed by atoms with Crippen LogP contribution in [0.3, 0.4) is 0 Å². The zero-order valence-electron chi connectivity index (χ0n) is 19.8. The van der Waals surface area contributed by atoms with Crippen molar-refractivity contribution in [2.45, 2.75) is 45.8 Å². The van der Waals surface area contributed by atoms with E-state index in [0.29, 0.717) is 19.5 Å². The molecule has 0 aromatic heterocycles. The fourth-order valence-corrected chi connectivity index (χ4v) is 3.86. The summed E-state index contributed by atoms with van der Waals surface area (Å²) in [6.45, 7) is 6.68. The van der Waals surface area contributed by atoms with Gasteiger partial charge in [0.2, 0.25) is 5.91 Å². The lowest BCUT2D eigenvalue weighted by Gasteiger charge is -2.25. The van der Waals surface area contributed by atoms with E-state index in [0.717, 1.165) is 28.2 Å². The molecule has 0 N–H and O–H groups in total. The van der Waals surface area contributed by atoms with Crippen LogP contribution in [0.15, 0.2) is 72.8 Å². The van der Waals surface area contributed by atoms with Gasteiger partial charge in [0.25, 0.3) is 0 Å². The van der Waals surface area contributed by atoms with Crippen LogP contribution in [0.2, 0.25) is 0 Å². The Bertz CT molecular complexity index is 1010. The van der Waals surface area contributed by atoms with Gasteiger partial charge in [-0.2, -0.15) is 0 Å². The minimum atomic E-state index is -0.261. The molecule has 1 unspecified atom stereocenters. The number of nitrogens with zero attached hydrogens (tertiary/aromatic N) is 1. The van der Waals surface area contributed by atoms with E-state index in [-0.39, 0.29) is 23.7 Å². The number of hydrogen-bond donors (Lipinski definition) is 0. The van der Waals surface area contributed by atoms with Crippen molar-refractivity contribution in [1.82, 2.24) is 4.90 Å². The van der Waals surface area contributed by atoms with Crippen LogP contribution in [-0.2, 0) is 11.3 Å². The molecule has 0 bridgehead atoms. The quantitative estimate of drug-likeness (QED) is 0.370. The summed E-state index contributed by atoms with van der Waals surface area (Å²) >= 11 is 0. The first-order valence-corrected chi connectivity index (χ1v) is 11.3. The van der Waals surface area contributed by atoms with Crippen molar-refractivity contribution in [1.29, 1.82) is 0 Å². The summed E-state index contributed by atoms with van der Waals surface area (Å²) < 4.78 is 24.6. The normalized spacial score (nSPS) is 11.8. The number of hydrogen-bond acceptors (Lipinski definition) is 3. The fourth-order valence-electron chi connectivity index (χ4n) is 3.86. The third kappa shape index (κ3) is 7.07. The van der Waals surface area contributed by atoms with E-state index in [2.05, 4.69) is 0 Å². The molecule has 0 fully saturated rings. The maximum absolute atomic E-state index is 13.6. The van der Waals surface area contributed by atoms with Gasteiger partial charge in [-0.1, -0.05) is 36.4 Å². The molecule has 0 aliphatic heterocycles. The van der Waals surface area contributed by atoms with Crippen molar-refractivity contribution in [3.63, 3.8) is 0 Å². The Kier molecular flexibility index (Phi) is 8.47. The maximum Gasteiger partial charge on any atom is 0.219 e. The summed E-state index contributed by atoms with van der Waals surface area (Å²) in [7, 11) is 1.63. The van der Waals surface area contributed by atoms with E-state index in [9.17, 15) is 9.18 Å². The van der Waals surface area contributed by atoms with Crippen molar-refractivity contribution in [3.05, 3.63) is 95.3 Å². The van der Waals surface area contributed by atoms with E-state index in [1.54, 1.807) is 14.0 Å². The molecule has 3 aromatic carbocycles. The van der Waals surface area contributed by atoms with Gasteiger partial charge in [-0.25, -0.2) is 4.39 Å². The van der Waals surface area contributed by atoms with Crippen LogP contribution in [0.5, 0.6) is 11.5 Å². The predicted molar refractivity (Wildman–Crippen MR) is 129 cm³/mol. The van der Waals surface area contributed by atoms with Gasteiger partial charge in [-0.05, 0) is 73.4 Å². The molecule has 0 heterocycles. The Labute approximate surface area is 196 Å². The van der Waals surface area contributed by atoms with Crippen molar-refractivity contribution in [2.75, 3.05) is 13.7 Å². The lowest BCUT2D eigenvalue weighted by Crippen LogP contribution is -2.30. The van der Waals surface area contributed by atoms with Crippen LogP contribution in [0.25, 0.3) is 0 Å². The van der Waals surface area contributed by atoms with Gasteiger partial charge >= 0.3 is 0 Å². The molecular weight excluding hydrogens is 417 g/mol. The van der Waals surface area contributed by atoms with E-state index in [1.165, 1.54) is 12.1 Å². The van der Waals surface area contributed by atoms with Crippen LogP contribution >= 0.6 is 0 Å². The monoisotopic (exact) mass is 449 g/mol. The van der Waals surface area contributed by atoms with Crippen LogP contribution in [0.4, 0.5) is 4.39 Å². The number of methoxy groups -OCH3 is 1. The summed E-state index contributed by atoms with van der Waals surface area (Å²) in [5, 5.41) is 0. The van der Waals surface area contributed by atoms with Gasteiger partial charge in [0.1, 0.15) is 17.3 Å². The van der Waals surface area contributed by atoms with Crippen LogP contribution in [0, 0.1) is 5.82 Å². The molecule has 4 nitrogen and oxygen atoms in total. The molecule has 5 heteroatoms. The second-order valence-corrected chi connectivity index (χ2v) is 8.42. The molecule has 33 heavy (non-hydrogen) atoms. The average molecular weight is 450 g/mol. The van der Waals surface area contributed by atoms with Crippen LogP contribution in [-0.4, -0.2) is 30.6 Å². The third-order valence-corrected chi connectivity index (χ3v) is 5.59. The van der Waals surface area contributed by atoms with Gasteiger partial charge in [-0.15, -0.1) is 0 Å². The van der Waals surface area contributed by atoms with E-state index in [1.807, 2.05) is 79.4 Å². The highest BCUT2D eigenvalue weighted by Gasteiger charge is 2.18. The Balaban J connectivity index is 1.79. The third-order valence-electron chi connectivity index (χ3n) is 5.59. The second kappa shape index (κ2) is 11.5. The van der Waals surface area contributed by atoms with Crippen molar-refractivity contribution < 1.29 is 18.7 Å². The second-order valence-electron chi connectivity index (χ2n) is 8.42. The molecule has 0 saturated carbocycles. The van der Waals surface area contributed by atoms with Gasteiger partial charge < -0.3 is 14.4 Å². The smallest absolute Gasteiger partial charge is 0.219 e. The highest BCUT2D eigenvalue weighted by atomic mass is 19.1. The first-order chi connectivity index (χ1) is 15.9. The van der Waals surface area contributed by atoms with E-state index in [4.69, 9.17) is 9.47 Å². The number of rotatable bonds is 10. The predicted octanol–water partition coefficient (Wildman–Crippen LogP) is 6.19. The molecule has 174 valence electrons. The van der Waals surface area contributed by atoms with Gasteiger partial charge in [0.05, 0.1) is 13.2 Å². The summed E-state index contributed by atoms with van der Waals surface area (Å²) in [6, 6.07) is 22.4. The summed E-state index contributed by atoms with van der Waals surface area (Å²) in [5.74, 6) is 1.38. The van der Waals surface area contributed by atoms with E-state index >= 15 is 0 Å². The molecule has 0 aliphatic carbocycles. The van der Waals surface area contributed by atoms with Gasteiger partial charge in [-0.3, -0.25) is 4.79 Å². The van der Waals surface area contributed by atoms with Crippen molar-refractivity contribution in [2.24, 2.45) is 0 Å². The first-order valence-electron chi connectivity index (χ1n) is 11.3. The lowest BCUT2D eigenvalue weighted by molar-refractivity contribution is -0.129. The molecular formula is C28H32FNO3. The summed E-state index contributed by atoms with van der Waals surface area (Å²) in [6.07, 6.45) is 0.817. The molecule has 3 aromatic rings. The highest BCUT2D eigenvalue weighted by molar-refractivity contribution is 5.73. The number of halogens is 1. The lowest BCUT2D eigenvalue weighted by atomic mass is 9.88. The highest BCUT2D eigenvalue weighted by Crippen LogP contribution is 2.30. The SMILES string of the molecule is COc1ccc(CN(CCC(c2ccc(F)cc2)c2ccc(OC(C)C)cc2)C(C)=O)cc1. The summed E-state index contributed by atoms with van der Waals surface area (Å²) in [5.41, 5.74) is 3.16. The Morgan fingerprint density at radius 1 is 0.879 bits per heavy atom. The van der Waals surface area contributed by atoms with Crippen LogP contribution < -0.4 is 9.47 Å². The molecule has 0 aliphatic rings. The number of carbonyl (C=O) groups is 1. The molecule has 1 atom stereocenters. The number of benzene rings is 3. The molecule has 0 saturated heterocycles. The van der Waals surface area contributed by atoms with E-state index < -0.39 is 0 Å². The molecule has 0 radical (unpaired) electrons.